The largest absolute Gasteiger partial charge is 0.494 e. The zero-order valence-electron chi connectivity index (χ0n) is 14.0. The highest BCUT2D eigenvalue weighted by molar-refractivity contribution is 5.27. The van der Waals surface area contributed by atoms with Crippen LogP contribution in [-0.4, -0.2) is 20.2 Å². The van der Waals surface area contributed by atoms with Gasteiger partial charge >= 0.3 is 0 Å². The monoisotopic (exact) mass is 291 g/mol. The molecule has 0 aliphatic rings. The molecule has 0 unspecified atom stereocenters. The summed E-state index contributed by atoms with van der Waals surface area (Å²) < 4.78 is 5.79. The molecule has 21 heavy (non-hydrogen) atoms. The molecule has 0 aliphatic carbocycles. The molecular formula is C19H33NO. The maximum Gasteiger partial charge on any atom is 0.119 e. The summed E-state index contributed by atoms with van der Waals surface area (Å²) in [5.74, 6) is 1.01. The van der Waals surface area contributed by atoms with Gasteiger partial charge in [0.25, 0.3) is 0 Å². The van der Waals surface area contributed by atoms with E-state index < -0.39 is 0 Å². The number of nitrogens with one attached hydrogen (secondary N) is 1. The van der Waals surface area contributed by atoms with E-state index >= 15 is 0 Å². The third-order valence-electron chi connectivity index (χ3n) is 3.85. The van der Waals surface area contributed by atoms with Crippen molar-refractivity contribution < 1.29 is 4.74 Å². The van der Waals surface area contributed by atoms with Crippen LogP contribution in [0.1, 0.15) is 63.9 Å². The van der Waals surface area contributed by atoms with E-state index in [4.69, 9.17) is 4.74 Å². The molecule has 1 rings (SSSR count). The number of unbranched alkanes of at least 4 members (excludes halogenated alkanes) is 7. The van der Waals surface area contributed by atoms with Crippen molar-refractivity contribution in [3.8, 4) is 5.75 Å². The van der Waals surface area contributed by atoms with Gasteiger partial charge in [-0.25, -0.2) is 0 Å². The van der Waals surface area contributed by atoms with Crippen molar-refractivity contribution in [1.29, 1.82) is 0 Å². The van der Waals surface area contributed by atoms with E-state index in [1.165, 1.54) is 56.9 Å². The third kappa shape index (κ3) is 9.52. The van der Waals surface area contributed by atoms with Crippen LogP contribution in [0.2, 0.25) is 0 Å². The smallest absolute Gasteiger partial charge is 0.119 e. The quantitative estimate of drug-likeness (QED) is 0.518. The molecule has 2 heteroatoms. The Bertz CT molecular complexity index is 334. The van der Waals surface area contributed by atoms with Gasteiger partial charge in [0.05, 0.1) is 6.61 Å². The molecule has 0 atom stereocenters. The van der Waals surface area contributed by atoms with Gasteiger partial charge < -0.3 is 10.1 Å². The van der Waals surface area contributed by atoms with E-state index in [2.05, 4.69) is 36.5 Å². The summed E-state index contributed by atoms with van der Waals surface area (Å²) in [6.45, 7) is 4.15. The minimum Gasteiger partial charge on any atom is -0.494 e. The first-order valence-electron chi connectivity index (χ1n) is 8.73. The highest BCUT2D eigenvalue weighted by atomic mass is 16.5. The van der Waals surface area contributed by atoms with E-state index in [1.54, 1.807) is 0 Å². The van der Waals surface area contributed by atoms with Crippen LogP contribution in [0.3, 0.4) is 0 Å². The van der Waals surface area contributed by atoms with Crippen molar-refractivity contribution in [1.82, 2.24) is 5.32 Å². The molecule has 0 heterocycles. The lowest BCUT2D eigenvalue weighted by molar-refractivity contribution is 0.304. The van der Waals surface area contributed by atoms with E-state index in [0.717, 1.165) is 25.3 Å². The Morgan fingerprint density at radius 3 is 2.10 bits per heavy atom. The number of rotatable bonds is 13. The molecule has 0 amide bonds. The maximum atomic E-state index is 5.79. The fourth-order valence-corrected chi connectivity index (χ4v) is 2.45. The molecule has 2 nitrogen and oxygen atoms in total. The molecule has 120 valence electrons. The first kappa shape index (κ1) is 18.0. The highest BCUT2D eigenvalue weighted by Crippen LogP contribution is 2.14. The van der Waals surface area contributed by atoms with Gasteiger partial charge in [-0.15, -0.1) is 0 Å². The second-order valence-electron chi connectivity index (χ2n) is 5.82. The Hall–Kier alpha value is -1.02. The number of hydrogen-bond acceptors (Lipinski definition) is 2. The van der Waals surface area contributed by atoms with Gasteiger partial charge in [-0.05, 0) is 44.1 Å². The molecule has 0 radical (unpaired) electrons. The molecule has 1 aromatic carbocycles. The lowest BCUT2D eigenvalue weighted by Gasteiger charge is -2.07. The Morgan fingerprint density at radius 2 is 1.48 bits per heavy atom. The predicted molar refractivity (Wildman–Crippen MR) is 92.2 cm³/mol. The Kier molecular flexibility index (Phi) is 10.9. The molecule has 0 aromatic heterocycles. The molecule has 0 saturated heterocycles. The third-order valence-corrected chi connectivity index (χ3v) is 3.85. The number of benzene rings is 1. The van der Waals surface area contributed by atoms with E-state index in [1.807, 2.05) is 7.05 Å². The summed E-state index contributed by atoms with van der Waals surface area (Å²) >= 11 is 0. The Morgan fingerprint density at radius 1 is 0.857 bits per heavy atom. The lowest BCUT2D eigenvalue weighted by atomic mass is 10.1. The standard InChI is InChI=1S/C19H33NO/c1-3-4-5-6-7-8-9-10-17-21-19-13-11-18(12-14-19)15-16-20-2/h11-14,20H,3-10,15-17H2,1-2H3. The van der Waals surface area contributed by atoms with Gasteiger partial charge in [0.2, 0.25) is 0 Å². The van der Waals surface area contributed by atoms with Gasteiger partial charge in [-0.2, -0.15) is 0 Å². The minimum atomic E-state index is 0.852. The van der Waals surface area contributed by atoms with Crippen LogP contribution in [0, 0.1) is 0 Å². The predicted octanol–water partition coefficient (Wildman–Crippen LogP) is 4.97. The van der Waals surface area contributed by atoms with Crippen LogP contribution in [-0.2, 0) is 6.42 Å². The maximum absolute atomic E-state index is 5.79. The van der Waals surface area contributed by atoms with Crippen LogP contribution >= 0.6 is 0 Å². The van der Waals surface area contributed by atoms with Crippen molar-refractivity contribution in [3.05, 3.63) is 29.8 Å². The summed E-state index contributed by atoms with van der Waals surface area (Å²) in [4.78, 5) is 0. The summed E-state index contributed by atoms with van der Waals surface area (Å²) in [7, 11) is 1.99. The number of hydrogen-bond donors (Lipinski definition) is 1. The van der Waals surface area contributed by atoms with Crippen LogP contribution in [0.25, 0.3) is 0 Å². The number of ether oxygens (including phenoxy) is 1. The minimum absolute atomic E-state index is 0.852. The molecule has 1 aromatic rings. The van der Waals surface area contributed by atoms with Crippen LogP contribution in [0.5, 0.6) is 5.75 Å². The van der Waals surface area contributed by atoms with E-state index in [9.17, 15) is 0 Å². The molecular weight excluding hydrogens is 258 g/mol. The highest BCUT2D eigenvalue weighted by Gasteiger charge is 1.96. The first-order chi connectivity index (χ1) is 10.4. The van der Waals surface area contributed by atoms with Crippen LogP contribution in [0.15, 0.2) is 24.3 Å². The molecule has 1 N–H and O–H groups in total. The Labute approximate surface area is 131 Å². The Balaban J connectivity index is 1.99. The van der Waals surface area contributed by atoms with Crippen LogP contribution in [0.4, 0.5) is 0 Å². The topological polar surface area (TPSA) is 21.3 Å². The van der Waals surface area contributed by atoms with Gasteiger partial charge in [-0.1, -0.05) is 64.0 Å². The summed E-state index contributed by atoms with van der Waals surface area (Å²) in [5.41, 5.74) is 1.36. The average Bonchev–Trinajstić information content (AvgIpc) is 2.52. The molecule has 0 bridgehead atoms. The van der Waals surface area contributed by atoms with E-state index in [-0.39, 0.29) is 0 Å². The van der Waals surface area contributed by atoms with Crippen molar-refractivity contribution in [2.45, 2.75) is 64.7 Å². The molecule has 0 fully saturated rings. The average molecular weight is 291 g/mol. The fourth-order valence-electron chi connectivity index (χ4n) is 2.45. The molecule has 0 saturated carbocycles. The molecule has 0 spiro atoms. The van der Waals surface area contributed by atoms with Crippen LogP contribution < -0.4 is 10.1 Å². The summed E-state index contributed by atoms with van der Waals surface area (Å²) in [6.07, 6.45) is 11.8. The zero-order valence-corrected chi connectivity index (χ0v) is 14.0. The van der Waals surface area contributed by atoms with Crippen molar-refractivity contribution >= 4 is 0 Å². The molecule has 0 aliphatic heterocycles. The van der Waals surface area contributed by atoms with Gasteiger partial charge in [0, 0.05) is 0 Å². The van der Waals surface area contributed by atoms with Gasteiger partial charge in [0.1, 0.15) is 5.75 Å². The first-order valence-corrected chi connectivity index (χ1v) is 8.73. The SMILES string of the molecule is CCCCCCCCCCOc1ccc(CCNC)cc1. The second kappa shape index (κ2) is 12.7. The van der Waals surface area contributed by atoms with Crippen molar-refractivity contribution in [2.75, 3.05) is 20.2 Å². The summed E-state index contributed by atoms with van der Waals surface area (Å²) in [5, 5.41) is 3.17. The lowest BCUT2D eigenvalue weighted by Crippen LogP contribution is -2.10. The zero-order chi connectivity index (χ0) is 15.2. The number of likely N-dealkylation sites (N-methyl/N-ethyl adjacent to an activating group) is 1. The second-order valence-corrected chi connectivity index (χ2v) is 5.82. The van der Waals surface area contributed by atoms with Gasteiger partial charge in [0.15, 0.2) is 0 Å². The van der Waals surface area contributed by atoms with Gasteiger partial charge in [-0.3, -0.25) is 0 Å². The fraction of sp³-hybridized carbons (Fsp3) is 0.684. The van der Waals surface area contributed by atoms with Crippen molar-refractivity contribution in [3.63, 3.8) is 0 Å². The summed E-state index contributed by atoms with van der Waals surface area (Å²) in [6, 6.07) is 8.52. The van der Waals surface area contributed by atoms with E-state index in [0.29, 0.717) is 0 Å². The van der Waals surface area contributed by atoms with Crippen molar-refractivity contribution in [2.24, 2.45) is 0 Å². The normalized spacial score (nSPS) is 10.8.